The first-order valence-corrected chi connectivity index (χ1v) is 31.7. The predicted octanol–water partition coefficient (Wildman–Crippen LogP) is 8.24. The van der Waals surface area contributed by atoms with Gasteiger partial charge < -0.3 is 0 Å². The van der Waals surface area contributed by atoms with Gasteiger partial charge in [0.25, 0.3) is 0 Å². The fraction of sp³-hybridized carbons (Fsp3) is 0.571. The first-order chi connectivity index (χ1) is 21.7. The number of hydrogen-bond donors (Lipinski definition) is 0. The molecule has 0 saturated heterocycles. The molecule has 3 aromatic carbocycles. The number of rotatable bonds is 18. The fourth-order valence-electron chi connectivity index (χ4n) is 6.43. The second-order valence-corrected chi connectivity index (χ2v) is 35.3. The Kier molecular flexibility index (Phi) is 17.5. The van der Waals surface area contributed by atoms with Crippen molar-refractivity contribution in [2.75, 3.05) is 0 Å². The van der Waals surface area contributed by atoms with Crippen LogP contribution in [0.4, 0.5) is 0 Å². The molecule has 254 valence electrons. The molecule has 0 nitrogen and oxygen atoms in total. The Hall–Kier alpha value is -0.106. The van der Waals surface area contributed by atoms with Gasteiger partial charge in [0.15, 0.2) is 0 Å². The molecule has 0 amide bonds. The molecule has 3 rings (SSSR count). The number of hydrogen-bond acceptors (Lipinski definition) is 0. The van der Waals surface area contributed by atoms with Gasteiger partial charge in [-0.25, -0.2) is 0 Å². The van der Waals surface area contributed by atoms with E-state index in [0.29, 0.717) is 0 Å². The molecule has 0 aromatic heterocycles. The topological polar surface area (TPSA) is 0 Å². The van der Waals surface area contributed by atoms with Crippen LogP contribution in [0.15, 0.2) is 72.8 Å². The van der Waals surface area contributed by atoms with Crippen LogP contribution in [0.5, 0.6) is 0 Å². The van der Waals surface area contributed by atoms with Crippen molar-refractivity contribution in [1.82, 2.24) is 0 Å². The predicted molar refractivity (Wildman–Crippen MR) is 218 cm³/mol. The van der Waals surface area contributed by atoms with E-state index in [4.69, 9.17) is 0 Å². The molecule has 0 spiro atoms. The molecule has 0 bridgehead atoms. The minimum atomic E-state index is -1.76. The molecule has 0 N–H and O–H groups in total. The SMILES string of the molecule is CC(C)C[As](CC(C)C)c1cccc([As](c2cccc([As](CC(C)C)CC(C)C)c2)c2cccc([As](CC(C)C)CC(C)C)c2)c1. The molecule has 0 atom stereocenters. The molecule has 0 saturated carbocycles. The molecule has 0 radical (unpaired) electrons. The summed E-state index contributed by atoms with van der Waals surface area (Å²) < 4.78 is 10.1. The van der Waals surface area contributed by atoms with Gasteiger partial charge in [-0.05, 0) is 0 Å². The van der Waals surface area contributed by atoms with Crippen molar-refractivity contribution in [3.63, 3.8) is 0 Å². The van der Waals surface area contributed by atoms with Crippen molar-refractivity contribution < 1.29 is 0 Å². The molecular formula is C42H66As4. The van der Waals surface area contributed by atoms with Gasteiger partial charge in [-0.3, -0.25) is 0 Å². The van der Waals surface area contributed by atoms with Gasteiger partial charge in [0.1, 0.15) is 0 Å². The van der Waals surface area contributed by atoms with E-state index < -0.39 is 58.6 Å². The molecule has 4 heteroatoms. The van der Waals surface area contributed by atoms with Gasteiger partial charge in [-0.15, -0.1) is 0 Å². The van der Waals surface area contributed by atoms with Crippen LogP contribution < -0.4 is 26.1 Å². The van der Waals surface area contributed by atoms with Crippen LogP contribution in [0.25, 0.3) is 0 Å². The maximum absolute atomic E-state index is 2.74. The van der Waals surface area contributed by atoms with Crippen molar-refractivity contribution in [1.29, 1.82) is 0 Å². The van der Waals surface area contributed by atoms with Gasteiger partial charge >= 0.3 is 307 Å². The summed E-state index contributed by atoms with van der Waals surface area (Å²) in [4.78, 5) is 0. The van der Waals surface area contributed by atoms with Gasteiger partial charge in [-0.1, -0.05) is 0 Å². The third-order valence-electron chi connectivity index (χ3n) is 7.87. The molecular weight excluding hydrogens is 804 g/mol. The van der Waals surface area contributed by atoms with E-state index in [0.717, 1.165) is 35.5 Å². The van der Waals surface area contributed by atoms with Crippen LogP contribution in [0, 0.1) is 35.5 Å². The second-order valence-electron chi connectivity index (χ2n) is 16.0. The van der Waals surface area contributed by atoms with Crippen molar-refractivity contribution in [2.45, 2.75) is 114 Å². The van der Waals surface area contributed by atoms with Crippen LogP contribution in [0.3, 0.4) is 0 Å². The Bertz CT molecular complexity index is 1120. The standard InChI is InChI=1S/C42H66As4/c1-31(2)25-43(26-32(3)4)37-16-13-19-40(22-37)46(41-20-14-17-38(23-41)44(27-33(5)6)28-34(7)8)42-21-15-18-39(24-42)45(29-35(9)10)30-36(11)12/h13-24,31-36H,25-30H2,1-12H3. The number of benzene rings is 3. The molecule has 0 unspecified atom stereocenters. The summed E-state index contributed by atoms with van der Waals surface area (Å²) in [6, 6.07) is 30.6. The van der Waals surface area contributed by atoms with E-state index in [1.54, 1.807) is 26.1 Å². The Labute approximate surface area is 304 Å². The maximum atomic E-state index is 2.74. The van der Waals surface area contributed by atoms with Gasteiger partial charge in [0.2, 0.25) is 0 Å². The summed E-state index contributed by atoms with van der Waals surface area (Å²) in [7, 11) is 0. The van der Waals surface area contributed by atoms with Gasteiger partial charge in [0, 0.05) is 0 Å². The molecule has 3 aromatic rings. The van der Waals surface area contributed by atoms with E-state index in [2.05, 4.69) is 156 Å². The first kappa shape index (κ1) is 40.3. The van der Waals surface area contributed by atoms with Crippen LogP contribution in [-0.4, -0.2) is 58.6 Å². The van der Waals surface area contributed by atoms with Gasteiger partial charge in [0.05, 0.1) is 0 Å². The van der Waals surface area contributed by atoms with E-state index in [9.17, 15) is 0 Å². The average molecular weight is 871 g/mol. The zero-order valence-electron chi connectivity index (χ0n) is 31.4. The molecule has 46 heavy (non-hydrogen) atoms. The van der Waals surface area contributed by atoms with E-state index in [-0.39, 0.29) is 0 Å². The van der Waals surface area contributed by atoms with Crippen LogP contribution in [-0.2, 0) is 0 Å². The van der Waals surface area contributed by atoms with E-state index in [1.165, 1.54) is 31.3 Å². The Morgan fingerprint density at radius 1 is 0.326 bits per heavy atom. The van der Waals surface area contributed by atoms with Crippen molar-refractivity contribution in [2.24, 2.45) is 35.5 Å². The molecule has 0 fully saturated rings. The monoisotopic (exact) mass is 870 g/mol. The normalized spacial score (nSPS) is 12.7. The van der Waals surface area contributed by atoms with E-state index >= 15 is 0 Å². The summed E-state index contributed by atoms with van der Waals surface area (Å²) in [5.41, 5.74) is 0. The van der Waals surface area contributed by atoms with Crippen LogP contribution >= 0.6 is 0 Å². The molecule has 0 aliphatic rings. The summed E-state index contributed by atoms with van der Waals surface area (Å²) in [6.45, 7) is 29.2. The summed E-state index contributed by atoms with van der Waals surface area (Å²) in [5.74, 6) is 4.65. The molecule has 0 aliphatic carbocycles. The van der Waals surface area contributed by atoms with Gasteiger partial charge in [-0.2, -0.15) is 0 Å². The minimum absolute atomic E-state index is 0.775. The third kappa shape index (κ3) is 13.3. The third-order valence-corrected chi connectivity index (χ3v) is 34.0. The Morgan fingerprint density at radius 2 is 0.522 bits per heavy atom. The van der Waals surface area contributed by atoms with Crippen molar-refractivity contribution >= 4 is 84.7 Å². The molecule has 0 heterocycles. The van der Waals surface area contributed by atoms with Crippen LogP contribution in [0.2, 0.25) is 31.3 Å². The fourth-order valence-corrected chi connectivity index (χ4v) is 31.5. The Morgan fingerprint density at radius 3 is 0.717 bits per heavy atom. The summed E-state index contributed by atoms with van der Waals surface area (Å²) in [5, 5.41) is 8.52. The zero-order valence-corrected chi connectivity index (χ0v) is 38.9. The van der Waals surface area contributed by atoms with Crippen molar-refractivity contribution in [3.05, 3.63) is 72.8 Å². The van der Waals surface area contributed by atoms with E-state index in [1.807, 2.05) is 0 Å². The first-order valence-electron chi connectivity index (χ1n) is 18.1. The second kappa shape index (κ2) is 19.9. The summed E-state index contributed by atoms with van der Waals surface area (Å²) in [6.07, 6.45) is 0. The quantitative estimate of drug-likeness (QED) is 0.113. The van der Waals surface area contributed by atoms with Crippen molar-refractivity contribution in [3.8, 4) is 0 Å². The molecule has 0 aliphatic heterocycles. The Balaban J connectivity index is 2.22. The van der Waals surface area contributed by atoms with Crippen LogP contribution in [0.1, 0.15) is 83.1 Å². The average Bonchev–Trinajstić information content (AvgIpc) is 2.95. The zero-order chi connectivity index (χ0) is 34.0. The summed E-state index contributed by atoms with van der Waals surface area (Å²) >= 11 is -5.15.